The van der Waals surface area contributed by atoms with Gasteiger partial charge < -0.3 is 19.5 Å². The van der Waals surface area contributed by atoms with E-state index in [-0.39, 0.29) is 18.6 Å². The Kier molecular flexibility index (Phi) is 6.21. The van der Waals surface area contributed by atoms with Crippen LogP contribution in [0.1, 0.15) is 30.1 Å². The summed E-state index contributed by atoms with van der Waals surface area (Å²) < 4.78 is 16.3. The molecule has 1 aliphatic rings. The Bertz CT molecular complexity index is 511. The number of carbonyl (C=O) groups excluding carboxylic acids is 2. The lowest BCUT2D eigenvalue weighted by Gasteiger charge is -2.13. The lowest BCUT2D eigenvalue weighted by Crippen LogP contribution is -2.35. The molecule has 0 aliphatic carbocycles. The zero-order valence-electron chi connectivity index (χ0n) is 12.7. The molecule has 1 heterocycles. The van der Waals surface area contributed by atoms with Crippen molar-refractivity contribution in [3.63, 3.8) is 0 Å². The van der Waals surface area contributed by atoms with E-state index in [0.29, 0.717) is 30.2 Å². The second kappa shape index (κ2) is 8.38. The van der Waals surface area contributed by atoms with Gasteiger partial charge in [0, 0.05) is 18.7 Å². The first-order valence-corrected chi connectivity index (χ1v) is 7.46. The van der Waals surface area contributed by atoms with Crippen LogP contribution in [0.3, 0.4) is 0 Å². The highest BCUT2D eigenvalue weighted by Gasteiger charge is 2.16. The van der Waals surface area contributed by atoms with Crippen LogP contribution in [-0.4, -0.2) is 44.7 Å². The van der Waals surface area contributed by atoms with Gasteiger partial charge in [-0.25, -0.2) is 0 Å². The third-order valence-electron chi connectivity index (χ3n) is 3.31. The molecule has 1 amide bonds. The van der Waals surface area contributed by atoms with Crippen LogP contribution in [0.15, 0.2) is 18.2 Å². The van der Waals surface area contributed by atoms with E-state index in [1.807, 2.05) is 6.92 Å². The minimum atomic E-state index is -0.211. The Hall–Kier alpha value is -2.08. The second-order valence-electron chi connectivity index (χ2n) is 4.98. The molecule has 1 N–H and O–H groups in total. The zero-order valence-corrected chi connectivity index (χ0v) is 12.7. The fourth-order valence-corrected chi connectivity index (χ4v) is 2.21. The van der Waals surface area contributed by atoms with Crippen molar-refractivity contribution in [3.05, 3.63) is 23.8 Å². The summed E-state index contributed by atoms with van der Waals surface area (Å²) in [4.78, 5) is 22.6. The van der Waals surface area contributed by atoms with Crippen LogP contribution >= 0.6 is 0 Å². The normalized spacial score (nSPS) is 17.0. The summed E-state index contributed by atoms with van der Waals surface area (Å²) in [5.74, 6) is 0.691. The fraction of sp³-hybridized carbons (Fsp3) is 0.500. The van der Waals surface area contributed by atoms with Crippen molar-refractivity contribution in [3.8, 4) is 11.5 Å². The van der Waals surface area contributed by atoms with Gasteiger partial charge in [-0.3, -0.25) is 9.59 Å². The van der Waals surface area contributed by atoms with E-state index >= 15 is 0 Å². The standard InChI is InChI=1S/C16H21NO5/c1-2-20-15-8-12(10-18)5-6-14(15)22-11-16(19)17-9-13-4-3-7-21-13/h5-6,8,10,13H,2-4,7,9,11H2,1H3,(H,17,19)/t13-/m0/s1. The average molecular weight is 307 g/mol. The molecule has 0 aromatic heterocycles. The predicted octanol–water partition coefficient (Wildman–Crippen LogP) is 1.57. The number of nitrogens with one attached hydrogen (secondary N) is 1. The summed E-state index contributed by atoms with van der Waals surface area (Å²) in [6, 6.07) is 4.84. The van der Waals surface area contributed by atoms with Crippen molar-refractivity contribution in [2.24, 2.45) is 0 Å². The number of hydrogen-bond donors (Lipinski definition) is 1. The third-order valence-corrected chi connectivity index (χ3v) is 3.31. The van der Waals surface area contributed by atoms with Crippen molar-refractivity contribution < 1.29 is 23.8 Å². The van der Waals surface area contributed by atoms with Crippen molar-refractivity contribution in [2.45, 2.75) is 25.9 Å². The van der Waals surface area contributed by atoms with Gasteiger partial charge in [-0.2, -0.15) is 0 Å². The largest absolute Gasteiger partial charge is 0.490 e. The molecule has 2 rings (SSSR count). The molecule has 1 fully saturated rings. The smallest absolute Gasteiger partial charge is 0.258 e. The van der Waals surface area contributed by atoms with E-state index in [4.69, 9.17) is 14.2 Å². The predicted molar refractivity (Wildman–Crippen MR) is 80.5 cm³/mol. The van der Waals surface area contributed by atoms with Gasteiger partial charge in [-0.05, 0) is 38.0 Å². The molecule has 0 saturated carbocycles. The number of rotatable bonds is 8. The molecule has 1 aliphatic heterocycles. The second-order valence-corrected chi connectivity index (χ2v) is 4.98. The van der Waals surface area contributed by atoms with Crippen LogP contribution in [0.25, 0.3) is 0 Å². The number of carbonyl (C=O) groups is 2. The first-order chi connectivity index (χ1) is 10.7. The van der Waals surface area contributed by atoms with E-state index in [0.717, 1.165) is 25.7 Å². The van der Waals surface area contributed by atoms with Gasteiger partial charge in [0.1, 0.15) is 6.29 Å². The van der Waals surface area contributed by atoms with Crippen LogP contribution in [0.2, 0.25) is 0 Å². The van der Waals surface area contributed by atoms with Crippen molar-refractivity contribution >= 4 is 12.2 Å². The lowest BCUT2D eigenvalue weighted by molar-refractivity contribution is -0.123. The van der Waals surface area contributed by atoms with Gasteiger partial charge >= 0.3 is 0 Å². The molecule has 0 bridgehead atoms. The number of benzene rings is 1. The molecule has 1 atom stereocenters. The van der Waals surface area contributed by atoms with Crippen LogP contribution in [0.5, 0.6) is 11.5 Å². The van der Waals surface area contributed by atoms with Gasteiger partial charge in [-0.1, -0.05) is 0 Å². The van der Waals surface area contributed by atoms with Gasteiger partial charge in [0.25, 0.3) is 5.91 Å². The molecule has 0 spiro atoms. The molecular formula is C16H21NO5. The molecule has 1 saturated heterocycles. The minimum absolute atomic E-state index is 0.104. The Morgan fingerprint density at radius 2 is 2.27 bits per heavy atom. The van der Waals surface area contributed by atoms with Gasteiger partial charge in [0.2, 0.25) is 0 Å². The van der Waals surface area contributed by atoms with E-state index < -0.39 is 0 Å². The summed E-state index contributed by atoms with van der Waals surface area (Å²) in [5, 5.41) is 2.78. The molecule has 6 heteroatoms. The Morgan fingerprint density at radius 1 is 1.41 bits per heavy atom. The Balaban J connectivity index is 1.84. The van der Waals surface area contributed by atoms with Gasteiger partial charge in [-0.15, -0.1) is 0 Å². The quantitative estimate of drug-likeness (QED) is 0.738. The van der Waals surface area contributed by atoms with Gasteiger partial charge in [0.05, 0.1) is 12.7 Å². The first kappa shape index (κ1) is 16.3. The molecule has 0 unspecified atom stereocenters. The molecule has 1 aromatic rings. The number of hydrogen-bond acceptors (Lipinski definition) is 5. The maximum absolute atomic E-state index is 11.8. The Morgan fingerprint density at radius 3 is 2.95 bits per heavy atom. The first-order valence-electron chi connectivity index (χ1n) is 7.46. The highest BCUT2D eigenvalue weighted by Crippen LogP contribution is 2.27. The lowest BCUT2D eigenvalue weighted by atomic mass is 10.2. The zero-order chi connectivity index (χ0) is 15.8. The highest BCUT2D eigenvalue weighted by atomic mass is 16.5. The van der Waals surface area contributed by atoms with Crippen molar-refractivity contribution in [1.82, 2.24) is 5.32 Å². The number of amides is 1. The van der Waals surface area contributed by atoms with E-state index in [1.54, 1.807) is 18.2 Å². The maximum atomic E-state index is 11.8. The van der Waals surface area contributed by atoms with Crippen LogP contribution in [-0.2, 0) is 9.53 Å². The average Bonchev–Trinajstić information content (AvgIpc) is 3.05. The highest BCUT2D eigenvalue weighted by molar-refractivity contribution is 5.78. The minimum Gasteiger partial charge on any atom is -0.490 e. The molecule has 6 nitrogen and oxygen atoms in total. The Labute approximate surface area is 129 Å². The number of aldehydes is 1. The summed E-state index contributed by atoms with van der Waals surface area (Å²) in [6.07, 6.45) is 2.86. The SMILES string of the molecule is CCOc1cc(C=O)ccc1OCC(=O)NC[C@@H]1CCCO1. The van der Waals surface area contributed by atoms with Crippen LogP contribution in [0, 0.1) is 0 Å². The number of ether oxygens (including phenoxy) is 3. The van der Waals surface area contributed by atoms with Gasteiger partial charge in [0.15, 0.2) is 18.1 Å². The van der Waals surface area contributed by atoms with E-state index in [9.17, 15) is 9.59 Å². The van der Waals surface area contributed by atoms with E-state index in [2.05, 4.69) is 5.32 Å². The maximum Gasteiger partial charge on any atom is 0.258 e. The van der Waals surface area contributed by atoms with Crippen LogP contribution in [0.4, 0.5) is 0 Å². The fourth-order valence-electron chi connectivity index (χ4n) is 2.21. The molecule has 0 radical (unpaired) electrons. The summed E-state index contributed by atoms with van der Waals surface area (Å²) in [5.41, 5.74) is 0.499. The molecular weight excluding hydrogens is 286 g/mol. The summed E-state index contributed by atoms with van der Waals surface area (Å²) >= 11 is 0. The molecule has 22 heavy (non-hydrogen) atoms. The summed E-state index contributed by atoms with van der Waals surface area (Å²) in [7, 11) is 0. The van der Waals surface area contributed by atoms with E-state index in [1.165, 1.54) is 0 Å². The van der Waals surface area contributed by atoms with Crippen molar-refractivity contribution in [1.29, 1.82) is 0 Å². The summed E-state index contributed by atoms with van der Waals surface area (Å²) in [6.45, 7) is 3.45. The van der Waals surface area contributed by atoms with Crippen molar-refractivity contribution in [2.75, 3.05) is 26.4 Å². The van der Waals surface area contributed by atoms with Crippen LogP contribution < -0.4 is 14.8 Å². The molecule has 1 aromatic carbocycles. The third kappa shape index (κ3) is 4.73. The monoisotopic (exact) mass is 307 g/mol. The molecule has 120 valence electrons. The topological polar surface area (TPSA) is 73.9 Å².